The second-order valence-corrected chi connectivity index (χ2v) is 8.05. The first-order chi connectivity index (χ1) is 14.5. The number of benzene rings is 1. The van der Waals surface area contributed by atoms with Crippen LogP contribution in [0.1, 0.15) is 52.0 Å². The highest BCUT2D eigenvalue weighted by Crippen LogP contribution is 2.38. The summed E-state index contributed by atoms with van der Waals surface area (Å²) in [5.74, 6) is 1.45. The molecule has 2 aliphatic heterocycles. The van der Waals surface area contributed by atoms with Gasteiger partial charge in [-0.2, -0.15) is 0 Å². The van der Waals surface area contributed by atoms with Crippen molar-refractivity contribution in [1.82, 2.24) is 15.6 Å². The first-order valence-electron chi connectivity index (χ1n) is 10.4. The summed E-state index contributed by atoms with van der Waals surface area (Å²) < 4.78 is 5.34. The standard InChI is InChI=1S/C23H28N4O3/c1-14-19(5-4-6-20(14)30-3)23(29)26-16-11-17-8-9-18(12-16)27(17)21-10-7-15(13-25-21)22(28)24-2/h4-7,10,13,16-18H,8-9,11-12H2,1-3H3,(H,24,28)(H,26,29). The molecule has 2 saturated heterocycles. The molecule has 2 fully saturated rings. The molecule has 2 unspecified atom stereocenters. The zero-order valence-electron chi connectivity index (χ0n) is 17.6. The van der Waals surface area contributed by atoms with Gasteiger partial charge in [0.1, 0.15) is 11.6 Å². The van der Waals surface area contributed by atoms with Gasteiger partial charge in [-0.05, 0) is 56.9 Å². The minimum Gasteiger partial charge on any atom is -0.496 e. The number of carbonyl (C=O) groups is 2. The van der Waals surface area contributed by atoms with Gasteiger partial charge in [-0.25, -0.2) is 4.98 Å². The van der Waals surface area contributed by atoms with Crippen LogP contribution in [-0.2, 0) is 0 Å². The van der Waals surface area contributed by atoms with E-state index >= 15 is 0 Å². The van der Waals surface area contributed by atoms with E-state index in [0.717, 1.165) is 42.8 Å². The molecule has 2 amide bonds. The first-order valence-corrected chi connectivity index (χ1v) is 10.4. The number of hydrogen-bond donors (Lipinski definition) is 2. The van der Waals surface area contributed by atoms with Crippen LogP contribution in [0.5, 0.6) is 5.75 Å². The molecular weight excluding hydrogens is 380 g/mol. The van der Waals surface area contributed by atoms with Gasteiger partial charge in [0.2, 0.25) is 0 Å². The van der Waals surface area contributed by atoms with E-state index in [-0.39, 0.29) is 17.9 Å². The predicted molar refractivity (Wildman–Crippen MR) is 115 cm³/mol. The fourth-order valence-electron chi connectivity index (χ4n) is 4.83. The molecule has 1 aromatic carbocycles. The topological polar surface area (TPSA) is 83.6 Å². The summed E-state index contributed by atoms with van der Waals surface area (Å²) in [6.45, 7) is 1.91. The third-order valence-electron chi connectivity index (χ3n) is 6.32. The molecule has 4 rings (SSSR count). The number of amides is 2. The smallest absolute Gasteiger partial charge is 0.252 e. The lowest BCUT2D eigenvalue weighted by atomic mass is 9.96. The average Bonchev–Trinajstić information content (AvgIpc) is 3.03. The highest BCUT2D eigenvalue weighted by atomic mass is 16.5. The molecule has 2 aliphatic rings. The molecule has 30 heavy (non-hydrogen) atoms. The van der Waals surface area contributed by atoms with Crippen LogP contribution in [0.3, 0.4) is 0 Å². The number of aromatic nitrogens is 1. The summed E-state index contributed by atoms with van der Waals surface area (Å²) in [6.07, 6.45) is 5.60. The summed E-state index contributed by atoms with van der Waals surface area (Å²) >= 11 is 0. The van der Waals surface area contributed by atoms with Gasteiger partial charge in [0, 0.05) is 42.5 Å². The Bertz CT molecular complexity index is 930. The van der Waals surface area contributed by atoms with Crippen molar-refractivity contribution in [2.24, 2.45) is 0 Å². The maximum Gasteiger partial charge on any atom is 0.252 e. The summed E-state index contributed by atoms with van der Waals surface area (Å²) in [5.41, 5.74) is 2.08. The van der Waals surface area contributed by atoms with Gasteiger partial charge in [0.15, 0.2) is 0 Å². The molecule has 0 aliphatic carbocycles. The van der Waals surface area contributed by atoms with Crippen molar-refractivity contribution >= 4 is 17.6 Å². The van der Waals surface area contributed by atoms with Gasteiger partial charge in [0.25, 0.3) is 11.8 Å². The van der Waals surface area contributed by atoms with Crippen molar-refractivity contribution in [3.8, 4) is 5.75 Å². The third kappa shape index (κ3) is 3.72. The average molecular weight is 409 g/mol. The molecule has 7 nitrogen and oxygen atoms in total. The summed E-state index contributed by atoms with van der Waals surface area (Å²) in [6, 6.07) is 10.1. The fourth-order valence-corrected chi connectivity index (χ4v) is 4.83. The molecule has 0 radical (unpaired) electrons. The highest BCUT2D eigenvalue weighted by Gasteiger charge is 2.41. The predicted octanol–water partition coefficient (Wildman–Crippen LogP) is 2.69. The number of piperidine rings is 1. The van der Waals surface area contributed by atoms with E-state index in [1.165, 1.54) is 0 Å². The number of hydrogen-bond acceptors (Lipinski definition) is 5. The van der Waals surface area contributed by atoms with E-state index in [0.29, 0.717) is 23.2 Å². The van der Waals surface area contributed by atoms with Crippen LogP contribution in [0, 0.1) is 6.92 Å². The number of ether oxygens (including phenoxy) is 1. The van der Waals surface area contributed by atoms with Crippen LogP contribution < -0.4 is 20.3 Å². The molecule has 2 atom stereocenters. The minimum absolute atomic E-state index is 0.0442. The van der Waals surface area contributed by atoms with Gasteiger partial charge in [0.05, 0.1) is 12.7 Å². The van der Waals surface area contributed by atoms with Crippen molar-refractivity contribution in [3.05, 3.63) is 53.2 Å². The van der Waals surface area contributed by atoms with E-state index in [1.54, 1.807) is 20.4 Å². The molecular formula is C23H28N4O3. The molecule has 2 N–H and O–H groups in total. The Balaban J connectivity index is 1.44. The van der Waals surface area contributed by atoms with Crippen molar-refractivity contribution in [1.29, 1.82) is 0 Å². The Hall–Kier alpha value is -3.09. The van der Waals surface area contributed by atoms with Crippen LogP contribution in [0.15, 0.2) is 36.5 Å². The highest BCUT2D eigenvalue weighted by molar-refractivity contribution is 5.96. The van der Waals surface area contributed by atoms with Gasteiger partial charge in [-0.15, -0.1) is 0 Å². The van der Waals surface area contributed by atoms with Crippen molar-refractivity contribution < 1.29 is 14.3 Å². The summed E-state index contributed by atoms with van der Waals surface area (Å²) in [4.78, 5) is 31.6. The largest absolute Gasteiger partial charge is 0.496 e. The molecule has 7 heteroatoms. The quantitative estimate of drug-likeness (QED) is 0.795. The van der Waals surface area contributed by atoms with Gasteiger partial charge >= 0.3 is 0 Å². The van der Waals surface area contributed by atoms with Crippen LogP contribution in [-0.4, -0.2) is 49.1 Å². The van der Waals surface area contributed by atoms with Crippen LogP contribution in [0.2, 0.25) is 0 Å². The minimum atomic E-state index is -0.133. The number of nitrogens with one attached hydrogen (secondary N) is 2. The Morgan fingerprint density at radius 1 is 1.10 bits per heavy atom. The van der Waals surface area contributed by atoms with Crippen molar-refractivity contribution in [2.45, 2.75) is 50.7 Å². The Morgan fingerprint density at radius 2 is 1.83 bits per heavy atom. The lowest BCUT2D eigenvalue weighted by Gasteiger charge is -2.40. The molecule has 0 spiro atoms. The normalized spacial score (nSPS) is 22.5. The molecule has 1 aromatic heterocycles. The SMILES string of the molecule is CNC(=O)c1ccc(N2C3CCC2CC(NC(=O)c2cccc(OC)c2C)C3)nc1. The number of methoxy groups -OCH3 is 1. The monoisotopic (exact) mass is 408 g/mol. The molecule has 3 heterocycles. The first kappa shape index (κ1) is 20.2. The lowest BCUT2D eigenvalue weighted by molar-refractivity contribution is 0.0924. The molecule has 0 saturated carbocycles. The Labute approximate surface area is 176 Å². The number of fused-ring (bicyclic) bond motifs is 2. The number of carbonyl (C=O) groups excluding carboxylic acids is 2. The van der Waals surface area contributed by atoms with Crippen LogP contribution in [0.4, 0.5) is 5.82 Å². The van der Waals surface area contributed by atoms with Crippen LogP contribution in [0.25, 0.3) is 0 Å². The van der Waals surface area contributed by atoms with E-state index in [4.69, 9.17) is 4.74 Å². The van der Waals surface area contributed by atoms with Crippen LogP contribution >= 0.6 is 0 Å². The zero-order chi connectivity index (χ0) is 21.3. The van der Waals surface area contributed by atoms with Crippen molar-refractivity contribution in [3.63, 3.8) is 0 Å². The second-order valence-electron chi connectivity index (χ2n) is 8.05. The summed E-state index contributed by atoms with van der Waals surface area (Å²) in [5, 5.41) is 5.86. The number of nitrogens with zero attached hydrogens (tertiary/aromatic N) is 2. The van der Waals surface area contributed by atoms with Gasteiger partial charge < -0.3 is 20.3 Å². The molecule has 2 aromatic rings. The number of anilines is 1. The van der Waals surface area contributed by atoms with Gasteiger partial charge in [-0.3, -0.25) is 9.59 Å². The number of pyridine rings is 1. The maximum absolute atomic E-state index is 12.9. The third-order valence-corrected chi connectivity index (χ3v) is 6.32. The zero-order valence-corrected chi connectivity index (χ0v) is 17.6. The Kier molecular flexibility index (Phi) is 5.61. The lowest BCUT2D eigenvalue weighted by Crippen LogP contribution is -2.50. The maximum atomic E-state index is 12.9. The van der Waals surface area contributed by atoms with E-state index in [1.807, 2.05) is 37.3 Å². The second kappa shape index (κ2) is 8.34. The molecule has 2 bridgehead atoms. The number of rotatable bonds is 5. The summed E-state index contributed by atoms with van der Waals surface area (Å²) in [7, 11) is 3.23. The van der Waals surface area contributed by atoms with Crippen molar-refractivity contribution in [2.75, 3.05) is 19.1 Å². The molecule has 158 valence electrons. The van der Waals surface area contributed by atoms with E-state index in [2.05, 4.69) is 20.5 Å². The fraction of sp³-hybridized carbons (Fsp3) is 0.435. The van der Waals surface area contributed by atoms with Gasteiger partial charge in [-0.1, -0.05) is 6.07 Å². The van der Waals surface area contributed by atoms with E-state index < -0.39 is 0 Å². The van der Waals surface area contributed by atoms with E-state index in [9.17, 15) is 9.59 Å². The Morgan fingerprint density at radius 3 is 2.43 bits per heavy atom.